The number of aliphatic hydroxyl groups is 1. The molecule has 1 amide bonds. The number of aromatic nitrogens is 1. The van der Waals surface area contributed by atoms with E-state index in [0.717, 1.165) is 44.2 Å². The van der Waals surface area contributed by atoms with Gasteiger partial charge in [0.1, 0.15) is 17.9 Å². The summed E-state index contributed by atoms with van der Waals surface area (Å²) >= 11 is 2.19. The monoisotopic (exact) mass is 634 g/mol. The number of oxazole rings is 1. The van der Waals surface area contributed by atoms with Crippen LogP contribution in [0.1, 0.15) is 21.6 Å². The average molecular weight is 634 g/mol. The number of anilines is 1. The summed E-state index contributed by atoms with van der Waals surface area (Å²) in [5.41, 5.74) is 0.995. The van der Waals surface area contributed by atoms with Crippen molar-refractivity contribution in [3.63, 3.8) is 0 Å². The fourth-order valence-corrected chi connectivity index (χ4v) is 4.29. The zero-order valence-electron chi connectivity index (χ0n) is 19.4. The molecule has 0 aliphatic rings. The Hall–Kier alpha value is -2.62. The van der Waals surface area contributed by atoms with Gasteiger partial charge in [-0.15, -0.1) is 0 Å². The molecule has 0 aliphatic heterocycles. The first-order chi connectivity index (χ1) is 16.9. The maximum atomic E-state index is 13.7. The molecule has 0 aliphatic carbocycles. The number of halogens is 3. The third-order valence-electron chi connectivity index (χ3n) is 5.22. The predicted molar refractivity (Wildman–Crippen MR) is 138 cm³/mol. The Kier molecular flexibility index (Phi) is 9.38. The standard InChI is InChI=1S/C23H25F2IN4O5S/c1-30(36(2,33)34)23-29-20(13-35-23)22(32)28-19(9-15-6-16(24)10-17(25)7-15)21(31)12-27-11-14-4-3-5-18(26)8-14/h3-8,10,13,19,21,27,31H,9,11-12H2,1-2H3,(H,28,32)/t19-,21+/m0/s1. The summed E-state index contributed by atoms with van der Waals surface area (Å²) in [6, 6.07) is 9.44. The maximum absolute atomic E-state index is 13.7. The van der Waals surface area contributed by atoms with E-state index in [-0.39, 0.29) is 30.2 Å². The van der Waals surface area contributed by atoms with Crippen molar-refractivity contribution in [3.05, 3.63) is 80.8 Å². The van der Waals surface area contributed by atoms with Crippen molar-refractivity contribution in [2.24, 2.45) is 0 Å². The Morgan fingerprint density at radius 2 is 1.89 bits per heavy atom. The van der Waals surface area contributed by atoms with E-state index in [0.29, 0.717) is 6.54 Å². The lowest BCUT2D eigenvalue weighted by Gasteiger charge is -2.24. The first-order valence-corrected chi connectivity index (χ1v) is 13.6. The molecule has 0 bridgehead atoms. The van der Waals surface area contributed by atoms with Crippen LogP contribution in [0.5, 0.6) is 0 Å². The molecule has 2 aromatic carbocycles. The van der Waals surface area contributed by atoms with Crippen LogP contribution < -0.4 is 14.9 Å². The van der Waals surface area contributed by atoms with Gasteiger partial charge in [-0.1, -0.05) is 12.1 Å². The lowest BCUT2D eigenvalue weighted by Crippen LogP contribution is -2.48. The largest absolute Gasteiger partial charge is 0.430 e. The van der Waals surface area contributed by atoms with E-state index < -0.39 is 39.7 Å². The summed E-state index contributed by atoms with van der Waals surface area (Å²) in [5, 5.41) is 16.5. The highest BCUT2D eigenvalue weighted by Gasteiger charge is 2.26. The second kappa shape index (κ2) is 12.1. The van der Waals surface area contributed by atoms with E-state index in [9.17, 15) is 27.1 Å². The van der Waals surface area contributed by atoms with Crippen molar-refractivity contribution >= 4 is 44.5 Å². The van der Waals surface area contributed by atoms with Crippen LogP contribution in [0, 0.1) is 15.2 Å². The predicted octanol–water partition coefficient (Wildman–Crippen LogP) is 2.45. The van der Waals surface area contributed by atoms with Gasteiger partial charge in [0, 0.05) is 29.8 Å². The topological polar surface area (TPSA) is 125 Å². The summed E-state index contributed by atoms with van der Waals surface area (Å²) in [4.78, 5) is 16.7. The maximum Gasteiger partial charge on any atom is 0.311 e. The van der Waals surface area contributed by atoms with Crippen LogP contribution in [0.3, 0.4) is 0 Å². The van der Waals surface area contributed by atoms with E-state index in [1.165, 1.54) is 7.05 Å². The minimum Gasteiger partial charge on any atom is -0.430 e. The number of benzene rings is 2. The SMILES string of the molecule is CN(c1nc(C(=O)N[C@@H](Cc2cc(F)cc(F)c2)[C@H](O)CNCc2cccc(I)c2)co1)S(C)(=O)=O. The van der Waals surface area contributed by atoms with Crippen LogP contribution in [0.2, 0.25) is 0 Å². The smallest absolute Gasteiger partial charge is 0.311 e. The zero-order valence-corrected chi connectivity index (χ0v) is 22.4. The van der Waals surface area contributed by atoms with Crippen molar-refractivity contribution < 1.29 is 31.5 Å². The van der Waals surface area contributed by atoms with Gasteiger partial charge in [0.15, 0.2) is 5.69 Å². The van der Waals surface area contributed by atoms with Gasteiger partial charge in [0.25, 0.3) is 5.91 Å². The number of hydrogen-bond acceptors (Lipinski definition) is 7. The first-order valence-electron chi connectivity index (χ1n) is 10.7. The molecule has 1 aromatic heterocycles. The second-order valence-corrected chi connectivity index (χ2v) is 11.4. The van der Waals surface area contributed by atoms with E-state index in [4.69, 9.17) is 4.42 Å². The Morgan fingerprint density at radius 1 is 1.19 bits per heavy atom. The number of hydrogen-bond donors (Lipinski definition) is 3. The summed E-state index contributed by atoms with van der Waals surface area (Å²) < 4.78 is 57.7. The summed E-state index contributed by atoms with van der Waals surface area (Å²) in [6.07, 6.45) is 0.700. The van der Waals surface area contributed by atoms with E-state index in [2.05, 4.69) is 38.2 Å². The third kappa shape index (κ3) is 7.94. The minimum atomic E-state index is -3.66. The Balaban J connectivity index is 1.74. The van der Waals surface area contributed by atoms with Crippen LogP contribution in [0.25, 0.3) is 0 Å². The number of nitrogens with one attached hydrogen (secondary N) is 2. The van der Waals surface area contributed by atoms with Crippen LogP contribution in [-0.4, -0.2) is 56.4 Å². The van der Waals surface area contributed by atoms with Crippen molar-refractivity contribution in [1.82, 2.24) is 15.6 Å². The van der Waals surface area contributed by atoms with E-state index in [1.807, 2.05) is 24.3 Å². The molecule has 13 heteroatoms. The zero-order chi connectivity index (χ0) is 26.5. The normalized spacial score (nSPS) is 13.3. The third-order valence-corrected chi connectivity index (χ3v) is 7.04. The average Bonchev–Trinajstić information content (AvgIpc) is 3.27. The lowest BCUT2D eigenvalue weighted by atomic mass is 10.0. The number of nitrogens with zero attached hydrogens (tertiary/aromatic N) is 2. The van der Waals surface area contributed by atoms with Crippen LogP contribution in [0.15, 0.2) is 53.1 Å². The van der Waals surface area contributed by atoms with Crippen molar-refractivity contribution in [1.29, 1.82) is 0 Å². The van der Waals surface area contributed by atoms with Gasteiger partial charge in [0.2, 0.25) is 10.0 Å². The molecule has 2 atom stereocenters. The number of sulfonamides is 1. The molecular formula is C23H25F2IN4O5S. The molecule has 0 saturated carbocycles. The number of carbonyl (C=O) groups is 1. The molecule has 3 aromatic rings. The quantitative estimate of drug-likeness (QED) is 0.277. The van der Waals surface area contributed by atoms with Crippen LogP contribution in [-0.2, 0) is 23.0 Å². The number of carbonyl (C=O) groups excluding carboxylic acids is 1. The van der Waals surface area contributed by atoms with E-state index in [1.54, 1.807) is 0 Å². The van der Waals surface area contributed by atoms with Gasteiger partial charge >= 0.3 is 6.01 Å². The fourth-order valence-electron chi connectivity index (χ4n) is 3.32. The van der Waals surface area contributed by atoms with Crippen LogP contribution >= 0.6 is 22.6 Å². The molecule has 0 unspecified atom stereocenters. The molecule has 0 spiro atoms. The molecule has 1 heterocycles. The minimum absolute atomic E-state index is 0.0646. The fraction of sp³-hybridized carbons (Fsp3) is 0.304. The Labute approximate surface area is 221 Å². The summed E-state index contributed by atoms with van der Waals surface area (Å²) in [6.45, 7) is 0.517. The lowest BCUT2D eigenvalue weighted by molar-refractivity contribution is 0.0825. The molecule has 0 fully saturated rings. The molecule has 0 radical (unpaired) electrons. The van der Waals surface area contributed by atoms with E-state index >= 15 is 0 Å². The molecule has 3 N–H and O–H groups in total. The molecule has 0 saturated heterocycles. The van der Waals surface area contributed by atoms with Gasteiger partial charge < -0.3 is 20.2 Å². The molecule has 194 valence electrons. The van der Waals surface area contributed by atoms with Gasteiger partial charge in [-0.25, -0.2) is 21.5 Å². The number of aliphatic hydroxyl groups excluding tert-OH is 1. The van der Waals surface area contributed by atoms with Crippen molar-refractivity contribution in [2.75, 3.05) is 24.2 Å². The van der Waals surface area contributed by atoms with Gasteiger partial charge in [0.05, 0.1) is 18.4 Å². The molecule has 3 rings (SSSR count). The van der Waals surface area contributed by atoms with Gasteiger partial charge in [-0.2, -0.15) is 4.98 Å². The molecular weight excluding hydrogens is 609 g/mol. The highest BCUT2D eigenvalue weighted by Crippen LogP contribution is 2.16. The van der Waals surface area contributed by atoms with Gasteiger partial charge in [-0.05, 0) is 64.4 Å². The second-order valence-electron chi connectivity index (χ2n) is 8.14. The van der Waals surface area contributed by atoms with Crippen molar-refractivity contribution in [3.8, 4) is 0 Å². The Morgan fingerprint density at radius 3 is 2.53 bits per heavy atom. The Bertz CT molecular complexity index is 1300. The summed E-state index contributed by atoms with van der Waals surface area (Å²) in [5.74, 6) is -2.33. The molecule has 36 heavy (non-hydrogen) atoms. The van der Waals surface area contributed by atoms with Crippen molar-refractivity contribution in [2.45, 2.75) is 25.1 Å². The molecule has 9 nitrogen and oxygen atoms in total. The number of amides is 1. The van der Waals surface area contributed by atoms with Gasteiger partial charge in [-0.3, -0.25) is 4.79 Å². The summed E-state index contributed by atoms with van der Waals surface area (Å²) in [7, 11) is -2.45. The first kappa shape index (κ1) is 28.0. The number of rotatable bonds is 11. The van der Waals surface area contributed by atoms with Crippen LogP contribution in [0.4, 0.5) is 14.8 Å². The highest BCUT2D eigenvalue weighted by atomic mass is 127. The highest BCUT2D eigenvalue weighted by molar-refractivity contribution is 14.1.